The van der Waals surface area contributed by atoms with E-state index < -0.39 is 0 Å². The lowest BCUT2D eigenvalue weighted by molar-refractivity contribution is 0.468. The minimum Gasteiger partial charge on any atom is -0.369 e. The summed E-state index contributed by atoms with van der Waals surface area (Å²) in [6.45, 7) is 7.21. The van der Waals surface area contributed by atoms with E-state index in [4.69, 9.17) is 0 Å². The Morgan fingerprint density at radius 3 is 2.81 bits per heavy atom. The van der Waals surface area contributed by atoms with Gasteiger partial charge in [-0.15, -0.1) is 11.3 Å². The molecule has 0 radical (unpaired) electrons. The number of hydrogen-bond donors (Lipinski definition) is 2. The topological polar surface area (TPSA) is 52.6 Å². The highest BCUT2D eigenvalue weighted by Crippen LogP contribution is 2.20. The van der Waals surface area contributed by atoms with Crippen molar-refractivity contribution >= 4 is 23.0 Å². The number of nitrogens with one attached hydrogen (secondary N) is 2. The van der Waals surface area contributed by atoms with Crippen molar-refractivity contribution in [2.75, 3.05) is 31.6 Å². The molecular formula is C20H29N5S. The summed E-state index contributed by atoms with van der Waals surface area (Å²) in [6, 6.07) is 9.24. The normalized spacial score (nSPS) is 18.0. The molecule has 0 saturated carbocycles. The first-order chi connectivity index (χ1) is 12.6. The second kappa shape index (κ2) is 9.03. The molecule has 1 unspecified atom stereocenters. The predicted molar refractivity (Wildman–Crippen MR) is 111 cm³/mol. The third-order valence-corrected chi connectivity index (χ3v) is 5.66. The van der Waals surface area contributed by atoms with Gasteiger partial charge in [0.05, 0.1) is 5.01 Å². The van der Waals surface area contributed by atoms with Gasteiger partial charge in [0.2, 0.25) is 0 Å². The third kappa shape index (κ3) is 5.21. The summed E-state index contributed by atoms with van der Waals surface area (Å²) in [5, 5.41) is 8.19. The van der Waals surface area contributed by atoms with Gasteiger partial charge in [-0.05, 0) is 38.8 Å². The highest BCUT2D eigenvalue weighted by molar-refractivity contribution is 7.11. The van der Waals surface area contributed by atoms with Crippen LogP contribution in [0.15, 0.2) is 35.5 Å². The molecule has 0 amide bonds. The summed E-state index contributed by atoms with van der Waals surface area (Å²) in [4.78, 5) is 12.5. The van der Waals surface area contributed by atoms with E-state index in [1.807, 2.05) is 13.2 Å². The number of hydrogen-bond acceptors (Lipinski definition) is 4. The first-order valence-electron chi connectivity index (χ1n) is 9.34. The lowest BCUT2D eigenvalue weighted by atomic mass is 10.0. The van der Waals surface area contributed by atoms with Crippen molar-refractivity contribution < 1.29 is 0 Å². The highest BCUT2D eigenvalue weighted by Gasteiger charge is 2.20. The van der Waals surface area contributed by atoms with Gasteiger partial charge in [0.15, 0.2) is 5.96 Å². The Hall–Kier alpha value is -2.08. The van der Waals surface area contributed by atoms with Crippen LogP contribution >= 0.6 is 11.3 Å². The fourth-order valence-corrected chi connectivity index (χ4v) is 4.06. The van der Waals surface area contributed by atoms with Crippen molar-refractivity contribution in [1.29, 1.82) is 0 Å². The van der Waals surface area contributed by atoms with Crippen molar-refractivity contribution in [1.82, 2.24) is 15.6 Å². The molecule has 2 aromatic rings. The van der Waals surface area contributed by atoms with Gasteiger partial charge in [0.25, 0.3) is 0 Å². The average Bonchev–Trinajstić information content (AvgIpc) is 3.07. The third-order valence-electron chi connectivity index (χ3n) is 4.69. The van der Waals surface area contributed by atoms with Crippen molar-refractivity contribution in [2.45, 2.75) is 39.2 Å². The molecule has 1 aliphatic heterocycles. The summed E-state index contributed by atoms with van der Waals surface area (Å²) in [5.74, 6) is 0.883. The second-order valence-electron chi connectivity index (χ2n) is 6.88. The maximum absolute atomic E-state index is 4.42. The van der Waals surface area contributed by atoms with Gasteiger partial charge in [-0.1, -0.05) is 17.7 Å². The molecule has 0 aliphatic carbocycles. The van der Waals surface area contributed by atoms with Gasteiger partial charge < -0.3 is 15.5 Å². The summed E-state index contributed by atoms with van der Waals surface area (Å²) in [5.41, 5.74) is 2.62. The van der Waals surface area contributed by atoms with Crippen molar-refractivity contribution in [2.24, 2.45) is 4.99 Å². The van der Waals surface area contributed by atoms with Crippen LogP contribution in [0.1, 0.15) is 28.3 Å². The predicted octanol–water partition coefficient (Wildman–Crippen LogP) is 3.14. The molecule has 2 heterocycles. The Balaban J connectivity index is 1.48. The molecule has 2 N–H and O–H groups in total. The van der Waals surface area contributed by atoms with Crippen LogP contribution in [0.3, 0.4) is 0 Å². The molecule has 140 valence electrons. The average molecular weight is 372 g/mol. The molecule has 1 aromatic heterocycles. The van der Waals surface area contributed by atoms with Crippen LogP contribution in [-0.2, 0) is 6.42 Å². The smallest absolute Gasteiger partial charge is 0.191 e. The van der Waals surface area contributed by atoms with Crippen molar-refractivity contribution in [3.8, 4) is 0 Å². The first-order valence-corrected chi connectivity index (χ1v) is 10.2. The lowest BCUT2D eigenvalue weighted by Crippen LogP contribution is -2.51. The van der Waals surface area contributed by atoms with Crippen LogP contribution in [-0.4, -0.2) is 43.7 Å². The molecular weight excluding hydrogens is 342 g/mol. The zero-order valence-corrected chi connectivity index (χ0v) is 16.8. The number of aryl methyl sites for hydroxylation is 2. The largest absolute Gasteiger partial charge is 0.369 e. The van der Waals surface area contributed by atoms with E-state index in [0.717, 1.165) is 32.0 Å². The molecule has 1 aromatic carbocycles. The maximum Gasteiger partial charge on any atom is 0.191 e. The number of aromatic nitrogens is 1. The molecule has 1 fully saturated rings. The highest BCUT2D eigenvalue weighted by atomic mass is 32.1. The quantitative estimate of drug-likeness (QED) is 0.626. The monoisotopic (exact) mass is 371 g/mol. The Morgan fingerprint density at radius 1 is 1.31 bits per heavy atom. The number of piperidine rings is 1. The minimum atomic E-state index is 0.415. The zero-order valence-electron chi connectivity index (χ0n) is 16.0. The van der Waals surface area contributed by atoms with Crippen LogP contribution in [0.5, 0.6) is 0 Å². The summed E-state index contributed by atoms with van der Waals surface area (Å²) in [6.07, 6.45) is 5.24. The summed E-state index contributed by atoms with van der Waals surface area (Å²) < 4.78 is 0. The van der Waals surface area contributed by atoms with E-state index in [1.165, 1.54) is 34.0 Å². The number of benzene rings is 1. The van der Waals surface area contributed by atoms with Gasteiger partial charge in [0.1, 0.15) is 0 Å². The fraction of sp³-hybridized carbons (Fsp3) is 0.500. The SMILES string of the molecule is CN=C(NCCc1ncc(C)s1)NC1CCCN(c2ccc(C)cc2)C1. The standard InChI is InChI=1S/C20H29N5S/c1-15-6-8-18(9-7-15)25-12-4-5-17(14-25)24-20(21-3)22-11-10-19-23-13-16(2)26-19/h6-9,13,17H,4-5,10-12,14H2,1-3H3,(H2,21,22,24). The second-order valence-corrected chi connectivity index (χ2v) is 8.20. The minimum absolute atomic E-state index is 0.415. The number of thiazole rings is 1. The van der Waals surface area contributed by atoms with Gasteiger partial charge in [-0.3, -0.25) is 4.99 Å². The van der Waals surface area contributed by atoms with E-state index in [0.29, 0.717) is 6.04 Å². The van der Waals surface area contributed by atoms with E-state index >= 15 is 0 Å². The van der Waals surface area contributed by atoms with Gasteiger partial charge in [-0.2, -0.15) is 0 Å². The Labute approximate surface area is 160 Å². The summed E-state index contributed by atoms with van der Waals surface area (Å²) in [7, 11) is 1.84. The molecule has 1 atom stereocenters. The van der Waals surface area contributed by atoms with E-state index in [1.54, 1.807) is 11.3 Å². The molecule has 6 heteroatoms. The summed E-state index contributed by atoms with van der Waals surface area (Å²) >= 11 is 1.76. The molecule has 1 saturated heterocycles. The van der Waals surface area contributed by atoms with Crippen LogP contribution in [0.4, 0.5) is 5.69 Å². The van der Waals surface area contributed by atoms with Crippen molar-refractivity contribution in [3.63, 3.8) is 0 Å². The van der Waals surface area contributed by atoms with Crippen LogP contribution < -0.4 is 15.5 Å². The number of guanidine groups is 1. The number of anilines is 1. The maximum atomic E-state index is 4.42. The molecule has 3 rings (SSSR count). The van der Waals surface area contributed by atoms with E-state index in [2.05, 4.69) is 63.6 Å². The molecule has 5 nitrogen and oxygen atoms in total. The van der Waals surface area contributed by atoms with Gasteiger partial charge >= 0.3 is 0 Å². The Bertz CT molecular complexity index is 722. The molecule has 26 heavy (non-hydrogen) atoms. The van der Waals surface area contributed by atoms with Crippen LogP contribution in [0.25, 0.3) is 0 Å². The van der Waals surface area contributed by atoms with E-state index in [-0.39, 0.29) is 0 Å². The molecule has 0 bridgehead atoms. The molecule has 1 aliphatic rings. The fourth-order valence-electron chi connectivity index (χ4n) is 3.28. The van der Waals surface area contributed by atoms with Gasteiger partial charge in [0, 0.05) is 55.9 Å². The van der Waals surface area contributed by atoms with Crippen LogP contribution in [0, 0.1) is 13.8 Å². The number of aliphatic imine (C=N–C) groups is 1. The molecule has 0 spiro atoms. The number of nitrogens with zero attached hydrogens (tertiary/aromatic N) is 3. The van der Waals surface area contributed by atoms with Crippen molar-refractivity contribution in [3.05, 3.63) is 45.9 Å². The first kappa shape index (κ1) is 18.7. The van der Waals surface area contributed by atoms with Gasteiger partial charge in [-0.25, -0.2) is 4.98 Å². The number of rotatable bonds is 5. The Kier molecular flexibility index (Phi) is 6.50. The zero-order chi connectivity index (χ0) is 18.4. The van der Waals surface area contributed by atoms with Crippen LogP contribution in [0.2, 0.25) is 0 Å². The Morgan fingerprint density at radius 2 is 2.12 bits per heavy atom. The van der Waals surface area contributed by atoms with E-state index in [9.17, 15) is 0 Å². The lowest BCUT2D eigenvalue weighted by Gasteiger charge is -2.35.